The fourth-order valence-corrected chi connectivity index (χ4v) is 4.87. The van der Waals surface area contributed by atoms with Crippen LogP contribution in [0, 0.1) is 5.92 Å². The minimum atomic E-state index is -3.54. The van der Waals surface area contributed by atoms with Crippen LogP contribution < -0.4 is 9.46 Å². The zero-order valence-corrected chi connectivity index (χ0v) is 17.1. The van der Waals surface area contributed by atoms with Crippen LogP contribution in [0.5, 0.6) is 5.75 Å². The SMILES string of the molecule is COc1ccc(S(=O)(=O)NCC2CCCN(Cc3cccc4nonc34)C2)cc1. The van der Waals surface area contributed by atoms with Crippen molar-refractivity contribution < 1.29 is 17.8 Å². The maximum atomic E-state index is 12.6. The van der Waals surface area contributed by atoms with Gasteiger partial charge in [-0.1, -0.05) is 12.1 Å². The van der Waals surface area contributed by atoms with Crippen molar-refractivity contribution in [1.82, 2.24) is 19.9 Å². The molecule has 0 saturated carbocycles. The Kier molecular flexibility index (Phi) is 5.79. The summed E-state index contributed by atoms with van der Waals surface area (Å²) < 4.78 is 37.8. The highest BCUT2D eigenvalue weighted by atomic mass is 32.2. The van der Waals surface area contributed by atoms with Crippen molar-refractivity contribution in [2.75, 3.05) is 26.7 Å². The van der Waals surface area contributed by atoms with Gasteiger partial charge in [0.25, 0.3) is 0 Å². The highest BCUT2D eigenvalue weighted by Crippen LogP contribution is 2.22. The van der Waals surface area contributed by atoms with Gasteiger partial charge in [0, 0.05) is 19.6 Å². The molecule has 4 rings (SSSR count). The van der Waals surface area contributed by atoms with E-state index in [1.807, 2.05) is 18.2 Å². The molecular formula is C20H24N4O4S. The molecule has 1 fully saturated rings. The number of sulfonamides is 1. The monoisotopic (exact) mass is 416 g/mol. The van der Waals surface area contributed by atoms with Crippen LogP contribution >= 0.6 is 0 Å². The summed E-state index contributed by atoms with van der Waals surface area (Å²) in [6.45, 7) is 2.96. The highest BCUT2D eigenvalue weighted by molar-refractivity contribution is 7.89. The van der Waals surface area contributed by atoms with Crippen LogP contribution in [0.4, 0.5) is 0 Å². The van der Waals surface area contributed by atoms with Crippen molar-refractivity contribution in [3.05, 3.63) is 48.0 Å². The lowest BCUT2D eigenvalue weighted by molar-refractivity contribution is 0.169. The van der Waals surface area contributed by atoms with E-state index in [0.29, 0.717) is 12.3 Å². The molecule has 2 aromatic carbocycles. The van der Waals surface area contributed by atoms with Gasteiger partial charge in [0.15, 0.2) is 0 Å². The van der Waals surface area contributed by atoms with Crippen LogP contribution in [0.3, 0.4) is 0 Å². The summed E-state index contributed by atoms with van der Waals surface area (Å²) in [5.74, 6) is 0.885. The molecule has 2 heterocycles. The predicted molar refractivity (Wildman–Crippen MR) is 108 cm³/mol. The molecule has 1 N–H and O–H groups in total. The molecule has 0 aliphatic carbocycles. The first kappa shape index (κ1) is 19.8. The standard InChI is InChI=1S/C20H24N4O4S/c1-27-17-7-9-18(10-8-17)29(25,26)21-12-15-4-3-11-24(13-15)14-16-5-2-6-19-20(16)23-28-22-19/h2,5-10,15,21H,3-4,11-14H2,1H3. The average molecular weight is 417 g/mol. The van der Waals surface area contributed by atoms with Gasteiger partial charge < -0.3 is 4.74 Å². The Balaban J connectivity index is 1.36. The number of fused-ring (bicyclic) bond motifs is 1. The van der Waals surface area contributed by atoms with E-state index in [-0.39, 0.29) is 10.8 Å². The Labute approximate surface area is 169 Å². The Morgan fingerprint density at radius 2 is 2.03 bits per heavy atom. The number of hydrogen-bond donors (Lipinski definition) is 1. The number of likely N-dealkylation sites (tertiary alicyclic amines) is 1. The number of nitrogens with zero attached hydrogens (tertiary/aromatic N) is 3. The largest absolute Gasteiger partial charge is 0.497 e. The van der Waals surface area contributed by atoms with Crippen molar-refractivity contribution in [3.63, 3.8) is 0 Å². The molecule has 0 bridgehead atoms. The molecule has 1 unspecified atom stereocenters. The summed E-state index contributed by atoms with van der Waals surface area (Å²) in [5, 5.41) is 7.90. The summed E-state index contributed by atoms with van der Waals surface area (Å²) in [6.07, 6.45) is 2.03. The summed E-state index contributed by atoms with van der Waals surface area (Å²) in [5.41, 5.74) is 2.61. The van der Waals surface area contributed by atoms with Crippen molar-refractivity contribution in [1.29, 1.82) is 0 Å². The van der Waals surface area contributed by atoms with Crippen molar-refractivity contribution in [2.45, 2.75) is 24.3 Å². The third kappa shape index (κ3) is 4.58. The maximum Gasteiger partial charge on any atom is 0.240 e. The minimum absolute atomic E-state index is 0.246. The fraction of sp³-hybridized carbons (Fsp3) is 0.400. The van der Waals surface area contributed by atoms with Crippen LogP contribution in [0.2, 0.25) is 0 Å². The van der Waals surface area contributed by atoms with Crippen LogP contribution in [-0.2, 0) is 16.6 Å². The normalized spacial score (nSPS) is 18.2. The first-order valence-electron chi connectivity index (χ1n) is 9.61. The zero-order valence-electron chi connectivity index (χ0n) is 16.2. The number of aromatic nitrogens is 2. The van der Waals surface area contributed by atoms with Gasteiger partial charge in [-0.15, -0.1) is 0 Å². The molecule has 0 radical (unpaired) electrons. The van der Waals surface area contributed by atoms with Crippen LogP contribution in [0.25, 0.3) is 11.0 Å². The molecule has 0 amide bonds. The molecule has 1 saturated heterocycles. The van der Waals surface area contributed by atoms with E-state index in [2.05, 4.69) is 19.9 Å². The molecule has 8 nitrogen and oxygen atoms in total. The zero-order chi connectivity index (χ0) is 20.3. The third-order valence-corrected chi connectivity index (χ3v) is 6.74. The van der Waals surface area contributed by atoms with Gasteiger partial charge >= 0.3 is 0 Å². The smallest absolute Gasteiger partial charge is 0.240 e. The summed E-state index contributed by atoms with van der Waals surface area (Å²) in [7, 11) is -1.99. The number of nitrogens with one attached hydrogen (secondary N) is 1. The molecule has 1 atom stereocenters. The molecule has 1 aliphatic rings. The van der Waals surface area contributed by atoms with E-state index in [1.165, 1.54) is 0 Å². The topological polar surface area (TPSA) is 97.6 Å². The van der Waals surface area contributed by atoms with E-state index in [1.54, 1.807) is 31.4 Å². The van der Waals surface area contributed by atoms with E-state index in [0.717, 1.165) is 49.1 Å². The maximum absolute atomic E-state index is 12.6. The lowest BCUT2D eigenvalue weighted by Crippen LogP contribution is -2.40. The van der Waals surface area contributed by atoms with Gasteiger partial charge in [-0.25, -0.2) is 17.8 Å². The van der Waals surface area contributed by atoms with Gasteiger partial charge in [0.2, 0.25) is 10.0 Å². The van der Waals surface area contributed by atoms with Gasteiger partial charge in [0.05, 0.1) is 12.0 Å². The molecule has 1 aliphatic heterocycles. The lowest BCUT2D eigenvalue weighted by atomic mass is 9.98. The minimum Gasteiger partial charge on any atom is -0.497 e. The second-order valence-electron chi connectivity index (χ2n) is 7.32. The molecule has 0 spiro atoms. The second-order valence-corrected chi connectivity index (χ2v) is 9.09. The van der Waals surface area contributed by atoms with Crippen molar-refractivity contribution in [3.8, 4) is 5.75 Å². The molecule has 3 aromatic rings. The predicted octanol–water partition coefficient (Wildman–Crippen LogP) is 2.42. The Hall–Kier alpha value is -2.49. The fourth-order valence-electron chi connectivity index (χ4n) is 3.76. The van der Waals surface area contributed by atoms with Gasteiger partial charge in [-0.3, -0.25) is 4.90 Å². The van der Waals surface area contributed by atoms with Crippen LogP contribution in [0.1, 0.15) is 18.4 Å². The average Bonchev–Trinajstić information content (AvgIpc) is 3.23. The number of piperidine rings is 1. The molecular weight excluding hydrogens is 392 g/mol. The number of benzene rings is 2. The highest BCUT2D eigenvalue weighted by Gasteiger charge is 2.23. The molecule has 29 heavy (non-hydrogen) atoms. The number of hydrogen-bond acceptors (Lipinski definition) is 7. The quantitative estimate of drug-likeness (QED) is 0.632. The number of rotatable bonds is 7. The number of ether oxygens (including phenoxy) is 1. The van der Waals surface area contributed by atoms with E-state index >= 15 is 0 Å². The van der Waals surface area contributed by atoms with Gasteiger partial charge in [-0.05, 0) is 71.5 Å². The molecule has 154 valence electrons. The molecule has 1 aromatic heterocycles. The Morgan fingerprint density at radius 3 is 2.83 bits per heavy atom. The Morgan fingerprint density at radius 1 is 1.21 bits per heavy atom. The Bertz CT molecular complexity index is 1070. The van der Waals surface area contributed by atoms with Crippen molar-refractivity contribution in [2.24, 2.45) is 5.92 Å². The first-order chi connectivity index (χ1) is 14.0. The van der Waals surface area contributed by atoms with Crippen molar-refractivity contribution >= 4 is 21.1 Å². The number of methoxy groups -OCH3 is 1. The van der Waals surface area contributed by atoms with Crippen LogP contribution in [0.15, 0.2) is 52.0 Å². The lowest BCUT2D eigenvalue weighted by Gasteiger charge is -2.32. The molecule has 9 heteroatoms. The van der Waals surface area contributed by atoms with E-state index in [9.17, 15) is 8.42 Å². The summed E-state index contributed by atoms with van der Waals surface area (Å²) in [4.78, 5) is 2.58. The van der Waals surface area contributed by atoms with E-state index < -0.39 is 10.0 Å². The van der Waals surface area contributed by atoms with Gasteiger partial charge in [-0.2, -0.15) is 0 Å². The third-order valence-electron chi connectivity index (χ3n) is 5.30. The summed E-state index contributed by atoms with van der Waals surface area (Å²) >= 11 is 0. The van der Waals surface area contributed by atoms with E-state index in [4.69, 9.17) is 9.37 Å². The van der Waals surface area contributed by atoms with Crippen LogP contribution in [-0.4, -0.2) is 50.4 Å². The first-order valence-corrected chi connectivity index (χ1v) is 11.1. The summed E-state index contributed by atoms with van der Waals surface area (Å²) in [6, 6.07) is 12.3. The second kappa shape index (κ2) is 8.48. The van der Waals surface area contributed by atoms with Gasteiger partial charge in [0.1, 0.15) is 16.8 Å².